The van der Waals surface area contributed by atoms with E-state index in [0.29, 0.717) is 5.92 Å². The highest BCUT2D eigenvalue weighted by Gasteiger charge is 2.66. The second kappa shape index (κ2) is 8.35. The van der Waals surface area contributed by atoms with Crippen LogP contribution in [0.15, 0.2) is 35.9 Å². The van der Waals surface area contributed by atoms with E-state index in [1.54, 1.807) is 5.56 Å². The van der Waals surface area contributed by atoms with Crippen LogP contribution in [0, 0.1) is 22.7 Å². The van der Waals surface area contributed by atoms with Crippen LogP contribution in [0.5, 0.6) is 0 Å². The number of rotatable bonds is 3. The Kier molecular flexibility index (Phi) is 6.16. The molecule has 2 nitrogen and oxygen atoms in total. The lowest BCUT2D eigenvalue weighted by molar-refractivity contribution is -0.166. The van der Waals surface area contributed by atoms with Crippen molar-refractivity contribution in [2.45, 2.75) is 105 Å². The Morgan fingerprint density at radius 2 is 1.81 bits per heavy atom. The summed E-state index contributed by atoms with van der Waals surface area (Å²) in [6.45, 7) is 15.9. The van der Waals surface area contributed by atoms with Crippen molar-refractivity contribution in [3.63, 3.8) is 0 Å². The van der Waals surface area contributed by atoms with E-state index < -0.39 is 0 Å². The summed E-state index contributed by atoms with van der Waals surface area (Å²) in [7, 11) is 0. The summed E-state index contributed by atoms with van der Waals surface area (Å²) < 4.78 is 0. The van der Waals surface area contributed by atoms with Crippen molar-refractivity contribution >= 4 is 10.9 Å². The lowest BCUT2D eigenvalue weighted by atomic mass is 9.40. The first-order valence-electron chi connectivity index (χ1n) is 13.1. The number of fused-ring (bicyclic) bond motifs is 7. The second-order valence-electron chi connectivity index (χ2n) is 11.6. The summed E-state index contributed by atoms with van der Waals surface area (Å²) in [4.78, 5) is 3.90. The van der Waals surface area contributed by atoms with Gasteiger partial charge in [-0.15, -0.1) is 0 Å². The molecule has 3 unspecified atom stereocenters. The number of hydrogen-bond acceptors (Lipinski definition) is 1. The first-order chi connectivity index (χ1) is 15.2. The Morgan fingerprint density at radius 3 is 2.53 bits per heavy atom. The SMILES string of the molecule is CC.CC(C)=CCC[C@]1(C)C(O)CC[C@@]2(C)C1CCC1Cc3c([nH]c4ccccc34)[C@@]12C. The largest absolute Gasteiger partial charge is 0.393 e. The topological polar surface area (TPSA) is 36.0 Å². The summed E-state index contributed by atoms with van der Waals surface area (Å²) in [6.07, 6.45) is 10.2. The van der Waals surface area contributed by atoms with Crippen molar-refractivity contribution < 1.29 is 5.11 Å². The summed E-state index contributed by atoms with van der Waals surface area (Å²) >= 11 is 0. The molecule has 0 saturated heterocycles. The molecule has 2 heteroatoms. The fraction of sp³-hybridized carbons (Fsp3) is 0.667. The van der Waals surface area contributed by atoms with Crippen molar-refractivity contribution in [3.05, 3.63) is 47.2 Å². The quantitative estimate of drug-likeness (QED) is 0.471. The Labute approximate surface area is 195 Å². The minimum atomic E-state index is -0.176. The van der Waals surface area contributed by atoms with Gasteiger partial charge in [-0.3, -0.25) is 0 Å². The van der Waals surface area contributed by atoms with Crippen LogP contribution in [0.3, 0.4) is 0 Å². The summed E-state index contributed by atoms with van der Waals surface area (Å²) in [5, 5.41) is 12.7. The van der Waals surface area contributed by atoms with Gasteiger partial charge in [0.25, 0.3) is 0 Å². The first-order valence-corrected chi connectivity index (χ1v) is 13.1. The fourth-order valence-corrected chi connectivity index (χ4v) is 8.20. The van der Waals surface area contributed by atoms with Gasteiger partial charge in [0.15, 0.2) is 0 Å². The van der Waals surface area contributed by atoms with E-state index in [4.69, 9.17) is 0 Å². The number of nitrogens with one attached hydrogen (secondary N) is 1. The Bertz CT molecular complexity index is 997. The van der Waals surface area contributed by atoms with Crippen LogP contribution in [-0.2, 0) is 11.8 Å². The molecule has 0 radical (unpaired) electrons. The molecule has 1 heterocycles. The van der Waals surface area contributed by atoms with E-state index in [-0.39, 0.29) is 22.3 Å². The molecule has 0 amide bonds. The summed E-state index contributed by atoms with van der Waals surface area (Å²) in [5.41, 5.74) is 6.18. The Morgan fingerprint density at radius 1 is 1.09 bits per heavy atom. The number of benzene rings is 1. The van der Waals surface area contributed by atoms with Crippen LogP contribution in [0.4, 0.5) is 0 Å². The monoisotopic (exact) mass is 435 g/mol. The van der Waals surface area contributed by atoms with Gasteiger partial charge >= 0.3 is 0 Å². The van der Waals surface area contributed by atoms with Gasteiger partial charge in [0.05, 0.1) is 6.10 Å². The van der Waals surface area contributed by atoms with Crippen molar-refractivity contribution in [3.8, 4) is 0 Å². The van der Waals surface area contributed by atoms with Gasteiger partial charge in [-0.05, 0) is 93.1 Å². The van der Waals surface area contributed by atoms with Gasteiger partial charge in [-0.2, -0.15) is 0 Å². The molecular weight excluding hydrogens is 390 g/mol. The van der Waals surface area contributed by atoms with Gasteiger partial charge in [-0.25, -0.2) is 0 Å². The number of allylic oxidation sites excluding steroid dienone is 2. The van der Waals surface area contributed by atoms with E-state index in [9.17, 15) is 5.11 Å². The molecule has 6 atom stereocenters. The Balaban J connectivity index is 0.00000119. The van der Waals surface area contributed by atoms with Crippen LogP contribution >= 0.6 is 0 Å². The van der Waals surface area contributed by atoms with E-state index in [1.807, 2.05) is 13.8 Å². The average Bonchev–Trinajstić information content (AvgIpc) is 3.28. The van der Waals surface area contributed by atoms with Crippen LogP contribution in [0.1, 0.15) is 98.2 Å². The lowest BCUT2D eigenvalue weighted by Crippen LogP contribution is -2.62. The number of aliphatic hydroxyl groups is 1. The van der Waals surface area contributed by atoms with Gasteiger partial charge in [0.1, 0.15) is 0 Å². The number of hydrogen-bond donors (Lipinski definition) is 2. The molecule has 3 aliphatic rings. The van der Waals surface area contributed by atoms with Crippen LogP contribution in [-0.4, -0.2) is 16.2 Å². The molecule has 2 aromatic rings. The molecule has 3 aliphatic carbocycles. The molecule has 176 valence electrons. The molecule has 2 N–H and O–H groups in total. The number of para-hydroxylation sites is 1. The zero-order valence-electron chi connectivity index (χ0n) is 21.5. The smallest absolute Gasteiger partial charge is 0.0597 e. The maximum absolute atomic E-state index is 11.3. The van der Waals surface area contributed by atoms with Crippen molar-refractivity contribution in [2.75, 3.05) is 0 Å². The molecule has 0 spiro atoms. The normalized spacial score (nSPS) is 37.7. The van der Waals surface area contributed by atoms with Crippen molar-refractivity contribution in [1.82, 2.24) is 4.98 Å². The molecule has 0 aliphatic heterocycles. The van der Waals surface area contributed by atoms with Gasteiger partial charge in [0.2, 0.25) is 0 Å². The number of aliphatic hydroxyl groups excluding tert-OH is 1. The van der Waals surface area contributed by atoms with Crippen molar-refractivity contribution in [1.29, 1.82) is 0 Å². The van der Waals surface area contributed by atoms with Gasteiger partial charge in [0, 0.05) is 22.0 Å². The second-order valence-corrected chi connectivity index (χ2v) is 11.6. The fourth-order valence-electron chi connectivity index (χ4n) is 8.20. The first kappa shape index (κ1) is 23.6. The summed E-state index contributed by atoms with van der Waals surface area (Å²) in [6, 6.07) is 8.88. The highest BCUT2D eigenvalue weighted by Crippen LogP contribution is 2.70. The van der Waals surface area contributed by atoms with Crippen molar-refractivity contribution in [2.24, 2.45) is 22.7 Å². The molecule has 2 fully saturated rings. The average molecular weight is 436 g/mol. The minimum Gasteiger partial charge on any atom is -0.393 e. The number of H-pyrrole nitrogens is 1. The van der Waals surface area contributed by atoms with Gasteiger partial charge in [-0.1, -0.05) is 64.5 Å². The zero-order chi connectivity index (χ0) is 23.3. The summed E-state index contributed by atoms with van der Waals surface area (Å²) in [5.74, 6) is 1.29. The molecule has 1 aromatic heterocycles. The molecular formula is C30H45NO. The maximum Gasteiger partial charge on any atom is 0.0597 e. The van der Waals surface area contributed by atoms with E-state index in [0.717, 1.165) is 31.6 Å². The zero-order valence-corrected chi connectivity index (χ0v) is 21.5. The predicted octanol–water partition coefficient (Wildman–Crippen LogP) is 7.95. The van der Waals surface area contributed by atoms with E-state index in [2.05, 4.69) is 69.9 Å². The molecule has 1 aromatic carbocycles. The van der Waals surface area contributed by atoms with Crippen LogP contribution in [0.2, 0.25) is 0 Å². The molecule has 5 rings (SSSR count). The van der Waals surface area contributed by atoms with Crippen LogP contribution < -0.4 is 0 Å². The molecule has 2 saturated carbocycles. The highest BCUT2D eigenvalue weighted by atomic mass is 16.3. The van der Waals surface area contributed by atoms with E-state index >= 15 is 0 Å². The molecule has 32 heavy (non-hydrogen) atoms. The minimum absolute atomic E-state index is 0.00169. The number of aromatic nitrogens is 1. The van der Waals surface area contributed by atoms with Crippen LogP contribution in [0.25, 0.3) is 10.9 Å². The molecule has 0 bridgehead atoms. The third kappa shape index (κ3) is 3.16. The highest BCUT2D eigenvalue weighted by molar-refractivity contribution is 5.86. The third-order valence-electron chi connectivity index (χ3n) is 10.1. The Hall–Kier alpha value is -1.54. The van der Waals surface area contributed by atoms with Gasteiger partial charge < -0.3 is 10.1 Å². The van der Waals surface area contributed by atoms with E-state index in [1.165, 1.54) is 41.4 Å². The number of aromatic amines is 1. The predicted molar refractivity (Wildman–Crippen MR) is 137 cm³/mol. The standard InChI is InChI=1S/C28H39NO.C2H6/c1-18(2)9-8-15-26(3)23-13-12-19-17-21-20-10-6-7-11-22(20)29-25(21)28(19,5)27(23,4)16-14-24(26)30;1-2/h6-7,9-11,19,23-24,29-30H,8,12-17H2,1-5H3;1-2H3/t19?,23?,24?,26-,27-,28+;/m0./s1. The lowest BCUT2D eigenvalue weighted by Gasteiger charge is -2.65. The maximum atomic E-state index is 11.3. The third-order valence-corrected chi connectivity index (χ3v) is 10.1.